The number of nitrogens with zero attached hydrogens (tertiary/aromatic N) is 4. The molecule has 1 N–H and O–H groups in total. The van der Waals surface area contributed by atoms with Gasteiger partial charge in [0, 0.05) is 5.69 Å². The van der Waals surface area contributed by atoms with Crippen molar-refractivity contribution in [3.05, 3.63) is 70.5 Å². The molecule has 0 aliphatic carbocycles. The summed E-state index contributed by atoms with van der Waals surface area (Å²) in [6.07, 6.45) is 1.39. The Labute approximate surface area is 142 Å². The van der Waals surface area contributed by atoms with E-state index in [1.54, 1.807) is 18.2 Å². The number of halogens is 2. The van der Waals surface area contributed by atoms with Gasteiger partial charge in [-0.05, 0) is 34.2 Å². The first kappa shape index (κ1) is 15.5. The maximum absolute atomic E-state index is 12.7. The van der Waals surface area contributed by atoms with Gasteiger partial charge in [-0.15, -0.1) is 5.10 Å². The molecule has 0 radical (unpaired) electrons. The summed E-state index contributed by atoms with van der Waals surface area (Å²) in [6.45, 7) is 0. The molecule has 116 valence electrons. The van der Waals surface area contributed by atoms with E-state index in [1.165, 1.54) is 11.0 Å². The molecule has 0 aliphatic rings. The molecule has 6 nitrogen and oxygen atoms in total. The first-order valence-corrected chi connectivity index (χ1v) is 7.44. The number of carbonyl (C=O) groups is 1. The molecule has 0 saturated carbocycles. The first-order valence-electron chi connectivity index (χ1n) is 6.68. The van der Waals surface area contributed by atoms with Crippen LogP contribution in [0.5, 0.6) is 0 Å². The number of nitrogens with one attached hydrogen (secondary N) is 1. The van der Waals surface area contributed by atoms with E-state index in [9.17, 15) is 4.79 Å². The number of tetrazole rings is 1. The Hall–Kier alpha value is -2.44. The van der Waals surface area contributed by atoms with Crippen LogP contribution in [0.4, 0.5) is 5.69 Å². The van der Waals surface area contributed by atoms with E-state index in [-0.39, 0.29) is 5.91 Å². The quantitative estimate of drug-likeness (QED) is 0.786. The van der Waals surface area contributed by atoms with Gasteiger partial charge in [0.15, 0.2) is 6.04 Å². The Bertz CT molecular complexity index is 808. The zero-order valence-electron chi connectivity index (χ0n) is 11.7. The number of rotatable bonds is 4. The van der Waals surface area contributed by atoms with Crippen LogP contribution in [-0.2, 0) is 4.79 Å². The zero-order valence-corrected chi connectivity index (χ0v) is 13.2. The highest BCUT2D eigenvalue weighted by molar-refractivity contribution is 6.42. The van der Waals surface area contributed by atoms with Crippen LogP contribution in [0.3, 0.4) is 0 Å². The molecule has 2 aromatic carbocycles. The van der Waals surface area contributed by atoms with Gasteiger partial charge in [0.05, 0.1) is 10.0 Å². The van der Waals surface area contributed by atoms with Crippen LogP contribution in [0.1, 0.15) is 11.6 Å². The number of anilines is 1. The van der Waals surface area contributed by atoms with Crippen molar-refractivity contribution in [2.24, 2.45) is 0 Å². The summed E-state index contributed by atoms with van der Waals surface area (Å²) in [5.74, 6) is -0.290. The number of carbonyl (C=O) groups excluding carboxylic acids is 1. The van der Waals surface area contributed by atoms with Gasteiger partial charge in [0.2, 0.25) is 0 Å². The number of aromatic nitrogens is 4. The van der Waals surface area contributed by atoms with E-state index in [4.69, 9.17) is 23.2 Å². The lowest BCUT2D eigenvalue weighted by atomic mass is 10.1. The van der Waals surface area contributed by atoms with Crippen molar-refractivity contribution in [2.75, 3.05) is 5.32 Å². The Morgan fingerprint density at radius 1 is 1.09 bits per heavy atom. The van der Waals surface area contributed by atoms with E-state index in [0.29, 0.717) is 15.7 Å². The van der Waals surface area contributed by atoms with E-state index < -0.39 is 6.04 Å². The van der Waals surface area contributed by atoms with Crippen molar-refractivity contribution < 1.29 is 4.79 Å². The predicted octanol–water partition coefficient (Wildman–Crippen LogP) is 3.21. The van der Waals surface area contributed by atoms with Crippen molar-refractivity contribution in [1.29, 1.82) is 0 Å². The third-order valence-corrected chi connectivity index (χ3v) is 3.92. The van der Waals surface area contributed by atoms with Gasteiger partial charge in [-0.3, -0.25) is 4.79 Å². The lowest BCUT2D eigenvalue weighted by Gasteiger charge is -2.16. The Kier molecular flexibility index (Phi) is 4.55. The SMILES string of the molecule is O=C(Nc1ccc(Cl)c(Cl)c1)C(c1ccccc1)n1cnnn1. The van der Waals surface area contributed by atoms with Crippen molar-refractivity contribution in [2.45, 2.75) is 6.04 Å². The normalized spacial score (nSPS) is 11.9. The standard InChI is InChI=1S/C15H11Cl2N5O/c16-12-7-6-11(8-13(12)17)19-15(23)14(22-9-18-20-21-22)10-4-2-1-3-5-10/h1-9,14H,(H,19,23). The molecule has 1 aromatic heterocycles. The molecule has 1 unspecified atom stereocenters. The molecular formula is C15H11Cl2N5O. The number of hydrogen-bond donors (Lipinski definition) is 1. The minimum absolute atomic E-state index is 0.290. The fraction of sp³-hybridized carbons (Fsp3) is 0.0667. The molecule has 3 rings (SSSR count). The molecule has 3 aromatic rings. The van der Waals surface area contributed by atoms with Gasteiger partial charge in [-0.2, -0.15) is 0 Å². The topological polar surface area (TPSA) is 72.7 Å². The lowest BCUT2D eigenvalue weighted by Crippen LogP contribution is -2.27. The summed E-state index contributed by atoms with van der Waals surface area (Å²) >= 11 is 11.9. The molecule has 8 heteroatoms. The minimum Gasteiger partial charge on any atom is -0.324 e. The molecule has 23 heavy (non-hydrogen) atoms. The maximum Gasteiger partial charge on any atom is 0.253 e. The lowest BCUT2D eigenvalue weighted by molar-refractivity contribution is -0.118. The van der Waals surface area contributed by atoms with Gasteiger partial charge in [-0.1, -0.05) is 53.5 Å². The van der Waals surface area contributed by atoms with Gasteiger partial charge in [0.25, 0.3) is 5.91 Å². The Morgan fingerprint density at radius 3 is 2.52 bits per heavy atom. The molecular weight excluding hydrogens is 337 g/mol. The third kappa shape index (κ3) is 3.49. The van der Waals surface area contributed by atoms with Crippen LogP contribution in [-0.4, -0.2) is 26.1 Å². The van der Waals surface area contributed by atoms with Crippen LogP contribution >= 0.6 is 23.2 Å². The van der Waals surface area contributed by atoms with Gasteiger partial charge in [-0.25, -0.2) is 4.68 Å². The second kappa shape index (κ2) is 6.76. The van der Waals surface area contributed by atoms with Gasteiger partial charge >= 0.3 is 0 Å². The van der Waals surface area contributed by atoms with Crippen LogP contribution in [0.25, 0.3) is 0 Å². The van der Waals surface area contributed by atoms with Crippen LogP contribution in [0.2, 0.25) is 10.0 Å². The second-order valence-electron chi connectivity index (χ2n) is 4.72. The van der Waals surface area contributed by atoms with E-state index in [2.05, 4.69) is 20.8 Å². The summed E-state index contributed by atoms with van der Waals surface area (Å²) in [5.41, 5.74) is 1.30. The van der Waals surface area contributed by atoms with Crippen molar-refractivity contribution in [1.82, 2.24) is 20.2 Å². The summed E-state index contributed by atoms with van der Waals surface area (Å²) in [5, 5.41) is 14.6. The summed E-state index contributed by atoms with van der Waals surface area (Å²) in [6, 6.07) is 13.4. The molecule has 0 aliphatic heterocycles. The first-order chi connectivity index (χ1) is 11.1. The highest BCUT2D eigenvalue weighted by Crippen LogP contribution is 2.26. The molecule has 0 bridgehead atoms. The smallest absolute Gasteiger partial charge is 0.253 e. The predicted molar refractivity (Wildman–Crippen MR) is 87.5 cm³/mol. The van der Waals surface area contributed by atoms with Gasteiger partial charge in [0.1, 0.15) is 6.33 Å². The fourth-order valence-electron chi connectivity index (χ4n) is 2.13. The molecule has 0 spiro atoms. The van der Waals surface area contributed by atoms with E-state index in [1.807, 2.05) is 30.3 Å². The molecule has 0 saturated heterocycles. The monoisotopic (exact) mass is 347 g/mol. The average molecular weight is 348 g/mol. The van der Waals surface area contributed by atoms with Crippen molar-refractivity contribution in [3.8, 4) is 0 Å². The van der Waals surface area contributed by atoms with E-state index in [0.717, 1.165) is 5.56 Å². The highest BCUT2D eigenvalue weighted by Gasteiger charge is 2.24. The van der Waals surface area contributed by atoms with Crippen molar-refractivity contribution in [3.63, 3.8) is 0 Å². The Balaban J connectivity index is 1.90. The summed E-state index contributed by atoms with van der Waals surface area (Å²) in [4.78, 5) is 12.7. The number of amides is 1. The summed E-state index contributed by atoms with van der Waals surface area (Å²) < 4.78 is 1.39. The van der Waals surface area contributed by atoms with Crippen LogP contribution in [0.15, 0.2) is 54.9 Å². The second-order valence-corrected chi connectivity index (χ2v) is 5.54. The van der Waals surface area contributed by atoms with Crippen LogP contribution < -0.4 is 5.32 Å². The minimum atomic E-state index is -0.694. The van der Waals surface area contributed by atoms with Gasteiger partial charge < -0.3 is 5.32 Å². The number of benzene rings is 2. The fourth-order valence-corrected chi connectivity index (χ4v) is 2.43. The molecule has 1 atom stereocenters. The Morgan fingerprint density at radius 2 is 1.87 bits per heavy atom. The third-order valence-electron chi connectivity index (χ3n) is 3.18. The molecule has 0 fully saturated rings. The maximum atomic E-state index is 12.7. The van der Waals surface area contributed by atoms with Crippen molar-refractivity contribution >= 4 is 34.8 Å². The molecule has 1 amide bonds. The molecule has 1 heterocycles. The van der Waals surface area contributed by atoms with E-state index >= 15 is 0 Å². The zero-order chi connectivity index (χ0) is 16.2. The average Bonchev–Trinajstić information content (AvgIpc) is 3.06. The summed E-state index contributed by atoms with van der Waals surface area (Å²) in [7, 11) is 0. The highest BCUT2D eigenvalue weighted by atomic mass is 35.5. The number of hydrogen-bond acceptors (Lipinski definition) is 4. The largest absolute Gasteiger partial charge is 0.324 e. The van der Waals surface area contributed by atoms with Crippen LogP contribution in [0, 0.1) is 0 Å².